The second kappa shape index (κ2) is 6.25. The summed E-state index contributed by atoms with van der Waals surface area (Å²) in [4.78, 5) is 0. The van der Waals surface area contributed by atoms with E-state index >= 15 is 0 Å². The van der Waals surface area contributed by atoms with Crippen LogP contribution in [-0.4, -0.2) is 80.9 Å². The van der Waals surface area contributed by atoms with Crippen molar-refractivity contribution in [1.29, 1.82) is 0 Å². The molecule has 1 aliphatic carbocycles. The van der Waals surface area contributed by atoms with E-state index in [4.69, 9.17) is 10.2 Å². The van der Waals surface area contributed by atoms with Gasteiger partial charge >= 0.3 is 0 Å². The second-order valence-electron chi connectivity index (χ2n) is 5.28. The van der Waals surface area contributed by atoms with Gasteiger partial charge < -0.3 is 36.0 Å². The smallest absolute Gasteiger partial charge is 0.108 e. The summed E-state index contributed by atoms with van der Waals surface area (Å²) in [7, 11) is 0. The van der Waals surface area contributed by atoms with Crippen LogP contribution >= 0.6 is 0 Å². The highest BCUT2D eigenvalue weighted by molar-refractivity contribution is 5.02. The fourth-order valence-electron chi connectivity index (χ4n) is 2.36. The Morgan fingerprint density at radius 1 is 1.11 bits per heavy atom. The van der Waals surface area contributed by atoms with Crippen LogP contribution in [0.1, 0.15) is 13.3 Å². The first-order valence-corrected chi connectivity index (χ1v) is 6.02. The Bertz CT molecular complexity index is 262. The van der Waals surface area contributed by atoms with E-state index in [1.165, 1.54) is 0 Å². The Kier molecular flexibility index (Phi) is 5.47. The van der Waals surface area contributed by atoms with Crippen molar-refractivity contribution in [2.45, 2.75) is 43.7 Å². The van der Waals surface area contributed by atoms with Gasteiger partial charge in [-0.1, -0.05) is 6.92 Å². The lowest BCUT2D eigenvalue weighted by molar-refractivity contribution is -0.166. The van der Waals surface area contributed by atoms with Gasteiger partial charge in [-0.3, -0.25) is 0 Å². The Hall–Kier alpha value is -0.280. The molecule has 5 atom stereocenters. The highest BCUT2D eigenvalue weighted by Crippen LogP contribution is 2.36. The second-order valence-corrected chi connectivity index (χ2v) is 5.28. The van der Waals surface area contributed by atoms with Gasteiger partial charge in [0.2, 0.25) is 0 Å². The van der Waals surface area contributed by atoms with E-state index < -0.39 is 35.8 Å². The summed E-state index contributed by atoms with van der Waals surface area (Å²) in [5, 5.41) is 59.6. The minimum atomic E-state index is -1.38. The van der Waals surface area contributed by atoms with Crippen molar-refractivity contribution in [3.8, 4) is 0 Å². The number of nitrogens with one attached hydrogen (secondary N) is 1. The summed E-state index contributed by atoms with van der Waals surface area (Å²) in [6.07, 6.45) is -3.61. The SMILES string of the molecule is C[C@]1(CO)C[C@H](NC(CO)CO)[C@H](O)[C@@H](O)[C@@H]1O. The van der Waals surface area contributed by atoms with Crippen molar-refractivity contribution < 1.29 is 30.6 Å². The van der Waals surface area contributed by atoms with Crippen LogP contribution < -0.4 is 5.32 Å². The van der Waals surface area contributed by atoms with Gasteiger partial charge in [0.05, 0.1) is 38.1 Å². The molecule has 0 aromatic carbocycles. The monoisotopic (exact) mass is 265 g/mol. The van der Waals surface area contributed by atoms with Gasteiger partial charge in [-0.05, 0) is 6.42 Å². The van der Waals surface area contributed by atoms with E-state index in [9.17, 15) is 20.4 Å². The fourth-order valence-corrected chi connectivity index (χ4v) is 2.36. The molecule has 1 rings (SSSR count). The van der Waals surface area contributed by atoms with Crippen molar-refractivity contribution >= 4 is 0 Å². The Morgan fingerprint density at radius 2 is 1.67 bits per heavy atom. The van der Waals surface area contributed by atoms with Crippen LogP contribution in [-0.2, 0) is 0 Å². The standard InChI is InChI=1S/C11H23NO6/c1-11(5-15)2-7(12-6(3-13)4-14)8(16)9(17)10(11)18/h6-10,12-18H,2-5H2,1H3/t7-,8-,9+,10-,11+/m0/s1. The topological polar surface area (TPSA) is 133 Å². The zero-order chi connectivity index (χ0) is 13.9. The molecule has 1 aliphatic rings. The molecule has 0 saturated heterocycles. The van der Waals surface area contributed by atoms with Crippen LogP contribution in [0.15, 0.2) is 0 Å². The summed E-state index contributed by atoms with van der Waals surface area (Å²) in [5.74, 6) is 0. The first-order chi connectivity index (χ1) is 8.39. The third-order valence-electron chi connectivity index (χ3n) is 3.74. The molecule has 7 nitrogen and oxygen atoms in total. The van der Waals surface area contributed by atoms with E-state index in [1.807, 2.05) is 0 Å². The van der Waals surface area contributed by atoms with Gasteiger partial charge in [0.1, 0.15) is 6.10 Å². The Labute approximate surface area is 106 Å². The zero-order valence-electron chi connectivity index (χ0n) is 10.4. The van der Waals surface area contributed by atoms with E-state index in [0.717, 1.165) is 0 Å². The minimum Gasteiger partial charge on any atom is -0.396 e. The molecule has 0 amide bonds. The van der Waals surface area contributed by atoms with Crippen LogP contribution in [0.3, 0.4) is 0 Å². The molecule has 7 N–H and O–H groups in total. The predicted octanol–water partition coefficient (Wildman–Crippen LogP) is -3.22. The molecule has 7 heteroatoms. The van der Waals surface area contributed by atoms with Crippen LogP contribution in [0.2, 0.25) is 0 Å². The third-order valence-corrected chi connectivity index (χ3v) is 3.74. The van der Waals surface area contributed by atoms with Gasteiger partial charge in [-0.15, -0.1) is 0 Å². The number of rotatable bonds is 5. The molecule has 0 bridgehead atoms. The molecule has 0 spiro atoms. The van der Waals surface area contributed by atoms with E-state index in [1.54, 1.807) is 6.92 Å². The Morgan fingerprint density at radius 3 is 2.11 bits per heavy atom. The summed E-state index contributed by atoms with van der Waals surface area (Å²) in [6, 6.07) is -1.24. The van der Waals surface area contributed by atoms with Gasteiger partial charge in [0.25, 0.3) is 0 Å². The van der Waals surface area contributed by atoms with Crippen molar-refractivity contribution in [3.05, 3.63) is 0 Å². The van der Waals surface area contributed by atoms with Crippen molar-refractivity contribution in [2.24, 2.45) is 5.41 Å². The highest BCUT2D eigenvalue weighted by Gasteiger charge is 2.49. The molecule has 108 valence electrons. The zero-order valence-corrected chi connectivity index (χ0v) is 10.4. The van der Waals surface area contributed by atoms with Crippen molar-refractivity contribution in [1.82, 2.24) is 5.32 Å². The third kappa shape index (κ3) is 3.00. The first kappa shape index (κ1) is 15.8. The number of hydrogen-bond acceptors (Lipinski definition) is 7. The molecule has 0 aromatic heterocycles. The molecule has 0 radical (unpaired) electrons. The average Bonchev–Trinajstić information content (AvgIpc) is 2.39. The maximum atomic E-state index is 9.86. The summed E-state index contributed by atoms with van der Waals surface area (Å²) >= 11 is 0. The van der Waals surface area contributed by atoms with Crippen LogP contribution in [0, 0.1) is 5.41 Å². The van der Waals surface area contributed by atoms with Gasteiger partial charge in [0, 0.05) is 11.5 Å². The molecule has 0 heterocycles. The van der Waals surface area contributed by atoms with E-state index in [2.05, 4.69) is 5.32 Å². The summed E-state index contributed by atoms with van der Waals surface area (Å²) in [5.41, 5.74) is -0.939. The maximum absolute atomic E-state index is 9.86. The van der Waals surface area contributed by atoms with E-state index in [0.29, 0.717) is 0 Å². The molecule has 0 aromatic rings. The normalized spacial score (nSPS) is 41.3. The molecule has 1 fully saturated rings. The van der Waals surface area contributed by atoms with Crippen LogP contribution in [0.4, 0.5) is 0 Å². The molecule has 0 aliphatic heterocycles. The summed E-state index contributed by atoms with van der Waals surface area (Å²) < 4.78 is 0. The molecule has 0 unspecified atom stereocenters. The quantitative estimate of drug-likeness (QED) is 0.278. The highest BCUT2D eigenvalue weighted by atomic mass is 16.4. The number of aliphatic hydroxyl groups is 6. The minimum absolute atomic E-state index is 0.222. The molecular weight excluding hydrogens is 242 g/mol. The molecule has 18 heavy (non-hydrogen) atoms. The number of aliphatic hydroxyl groups excluding tert-OH is 6. The first-order valence-electron chi connectivity index (χ1n) is 6.02. The lowest BCUT2D eigenvalue weighted by Crippen LogP contribution is -2.64. The predicted molar refractivity (Wildman–Crippen MR) is 62.7 cm³/mol. The summed E-state index contributed by atoms with van der Waals surface area (Å²) in [6.45, 7) is 0.649. The van der Waals surface area contributed by atoms with Crippen molar-refractivity contribution in [2.75, 3.05) is 19.8 Å². The fraction of sp³-hybridized carbons (Fsp3) is 1.00. The maximum Gasteiger partial charge on any atom is 0.108 e. The average molecular weight is 265 g/mol. The lowest BCUT2D eigenvalue weighted by Gasteiger charge is -2.47. The molecular formula is C11H23NO6. The van der Waals surface area contributed by atoms with Crippen LogP contribution in [0.5, 0.6) is 0 Å². The van der Waals surface area contributed by atoms with Crippen molar-refractivity contribution in [3.63, 3.8) is 0 Å². The lowest BCUT2D eigenvalue weighted by atomic mass is 9.69. The molecule has 1 saturated carbocycles. The Balaban J connectivity index is 2.79. The van der Waals surface area contributed by atoms with Gasteiger partial charge in [-0.25, -0.2) is 0 Å². The van der Waals surface area contributed by atoms with Gasteiger partial charge in [0.15, 0.2) is 0 Å². The van der Waals surface area contributed by atoms with E-state index in [-0.39, 0.29) is 26.2 Å². The van der Waals surface area contributed by atoms with Crippen LogP contribution in [0.25, 0.3) is 0 Å². The number of hydrogen-bond donors (Lipinski definition) is 7. The van der Waals surface area contributed by atoms with Gasteiger partial charge in [-0.2, -0.15) is 0 Å². The largest absolute Gasteiger partial charge is 0.396 e.